The molecule has 0 unspecified atom stereocenters. The Morgan fingerprint density at radius 1 is 0.909 bits per heavy atom. The van der Waals surface area contributed by atoms with E-state index >= 15 is 4.39 Å². The topological polar surface area (TPSA) is 105 Å². The van der Waals surface area contributed by atoms with Crippen LogP contribution < -0.4 is 24.8 Å². The lowest BCUT2D eigenvalue weighted by molar-refractivity contribution is -0.119. The van der Waals surface area contributed by atoms with Crippen LogP contribution in [0.15, 0.2) is 66.9 Å². The van der Waals surface area contributed by atoms with Gasteiger partial charge in [-0.1, -0.05) is 12.1 Å². The highest BCUT2D eigenvalue weighted by Gasteiger charge is 2.17. The predicted octanol–water partition coefficient (Wildman–Crippen LogP) is 4.83. The average molecular weight is 606 g/mol. The number of amides is 3. The molecule has 0 bridgehead atoms. The van der Waals surface area contributed by atoms with Crippen molar-refractivity contribution < 1.29 is 32.6 Å². The minimum Gasteiger partial charge on any atom is -0.493 e. The summed E-state index contributed by atoms with van der Waals surface area (Å²) in [5.41, 5.74) is 1.23. The van der Waals surface area contributed by atoms with E-state index in [0.717, 1.165) is 38.8 Å². The predicted molar refractivity (Wildman–Crippen MR) is 161 cm³/mol. The number of ether oxygens (including phenoxy) is 3. The maximum absolute atomic E-state index is 15.0. The van der Waals surface area contributed by atoms with Gasteiger partial charge in [0.2, 0.25) is 5.91 Å². The minimum atomic E-state index is -0.834. The molecular formula is C32H33F2N5O5. The standard InChI is InChI=1S/C32H33F2N5O5/c1-38-11-13-39(14-12-38)15-16-43-30-20-26-24(19-29(30)42-2)27(9-10-35-26)44-28-8-7-23(18-25(28)34)36-32(41)37-31(40)17-21-3-5-22(33)6-4-21/h3-10,18-20H,11-17H2,1-2H3,(H2,36,37,40,41). The van der Waals surface area contributed by atoms with Crippen LogP contribution in [0.5, 0.6) is 23.0 Å². The molecule has 4 aromatic rings. The van der Waals surface area contributed by atoms with Crippen molar-refractivity contribution in [2.45, 2.75) is 6.42 Å². The number of likely N-dealkylation sites (N-methyl/N-ethyl adjacent to an activating group) is 1. The van der Waals surface area contributed by atoms with Gasteiger partial charge in [0, 0.05) is 62.1 Å². The lowest BCUT2D eigenvalue weighted by Crippen LogP contribution is -2.45. The van der Waals surface area contributed by atoms with Gasteiger partial charge in [-0.3, -0.25) is 20.0 Å². The van der Waals surface area contributed by atoms with Gasteiger partial charge in [0.25, 0.3) is 0 Å². The summed E-state index contributed by atoms with van der Waals surface area (Å²) in [7, 11) is 3.66. The van der Waals surface area contributed by atoms with E-state index in [1.807, 2.05) is 0 Å². The maximum Gasteiger partial charge on any atom is 0.325 e. The second-order valence-electron chi connectivity index (χ2n) is 10.4. The molecule has 0 spiro atoms. The summed E-state index contributed by atoms with van der Waals surface area (Å²) in [6.45, 7) is 5.34. The number of anilines is 1. The van der Waals surface area contributed by atoms with Crippen molar-refractivity contribution in [1.29, 1.82) is 0 Å². The first-order chi connectivity index (χ1) is 21.3. The zero-order valence-electron chi connectivity index (χ0n) is 24.4. The Hall–Kier alpha value is -4.81. The Kier molecular flexibility index (Phi) is 9.82. The number of nitrogens with zero attached hydrogens (tertiary/aromatic N) is 3. The number of halogens is 2. The van der Waals surface area contributed by atoms with E-state index in [-0.39, 0.29) is 17.9 Å². The summed E-state index contributed by atoms with van der Waals surface area (Å²) < 4.78 is 45.6. The highest BCUT2D eigenvalue weighted by molar-refractivity contribution is 6.01. The zero-order valence-corrected chi connectivity index (χ0v) is 24.4. The molecule has 44 heavy (non-hydrogen) atoms. The fourth-order valence-electron chi connectivity index (χ4n) is 4.75. The van der Waals surface area contributed by atoms with E-state index in [9.17, 15) is 14.0 Å². The van der Waals surface area contributed by atoms with Gasteiger partial charge in [-0.2, -0.15) is 0 Å². The first-order valence-electron chi connectivity index (χ1n) is 14.1. The van der Waals surface area contributed by atoms with Crippen molar-refractivity contribution in [1.82, 2.24) is 20.1 Å². The van der Waals surface area contributed by atoms with Gasteiger partial charge in [-0.05, 0) is 49.0 Å². The molecular weight excluding hydrogens is 572 g/mol. The van der Waals surface area contributed by atoms with Crippen molar-refractivity contribution in [2.24, 2.45) is 0 Å². The summed E-state index contributed by atoms with van der Waals surface area (Å²) >= 11 is 0. The van der Waals surface area contributed by atoms with Crippen LogP contribution in [-0.2, 0) is 11.2 Å². The number of urea groups is 1. The molecule has 12 heteroatoms. The Morgan fingerprint density at radius 2 is 1.68 bits per heavy atom. The summed E-state index contributed by atoms with van der Waals surface area (Å²) in [6, 6.07) is 13.5. The van der Waals surface area contributed by atoms with Gasteiger partial charge >= 0.3 is 6.03 Å². The Labute approximate surface area is 253 Å². The minimum absolute atomic E-state index is 0.0812. The first-order valence-corrected chi connectivity index (χ1v) is 14.1. The van der Waals surface area contributed by atoms with Crippen LogP contribution in [0.2, 0.25) is 0 Å². The number of imide groups is 1. The largest absolute Gasteiger partial charge is 0.493 e. The number of nitrogens with one attached hydrogen (secondary N) is 2. The number of rotatable bonds is 10. The number of benzene rings is 3. The number of fused-ring (bicyclic) bond motifs is 1. The second kappa shape index (κ2) is 14.1. The van der Waals surface area contributed by atoms with Crippen LogP contribution >= 0.6 is 0 Å². The summed E-state index contributed by atoms with van der Waals surface area (Å²) in [5.74, 6) is -0.448. The maximum atomic E-state index is 15.0. The third-order valence-corrected chi connectivity index (χ3v) is 7.19. The SMILES string of the molecule is COc1cc2c(Oc3ccc(NC(=O)NC(=O)Cc4ccc(F)cc4)cc3F)ccnc2cc1OCCN1CCN(C)CC1. The van der Waals surface area contributed by atoms with E-state index in [0.29, 0.717) is 40.3 Å². The number of pyridine rings is 1. The molecule has 2 heterocycles. The molecule has 2 N–H and O–H groups in total. The van der Waals surface area contributed by atoms with Gasteiger partial charge in [0.1, 0.15) is 18.2 Å². The molecule has 1 saturated heterocycles. The number of methoxy groups -OCH3 is 1. The smallest absolute Gasteiger partial charge is 0.325 e. The van der Waals surface area contributed by atoms with Crippen LogP contribution in [0.25, 0.3) is 10.9 Å². The van der Waals surface area contributed by atoms with Gasteiger partial charge in [0.15, 0.2) is 23.1 Å². The van der Waals surface area contributed by atoms with E-state index in [1.54, 1.807) is 31.5 Å². The molecule has 0 saturated carbocycles. The number of carbonyl (C=O) groups is 2. The molecule has 1 aliphatic heterocycles. The van der Waals surface area contributed by atoms with Crippen LogP contribution in [0, 0.1) is 11.6 Å². The quantitative estimate of drug-likeness (QED) is 0.265. The Balaban J connectivity index is 1.21. The molecule has 1 fully saturated rings. The van der Waals surface area contributed by atoms with Crippen molar-refractivity contribution >= 4 is 28.5 Å². The molecule has 1 aliphatic rings. The first kappa shape index (κ1) is 30.6. The fraction of sp³-hybridized carbons (Fsp3) is 0.281. The highest BCUT2D eigenvalue weighted by Crippen LogP contribution is 2.37. The number of piperazine rings is 1. The van der Waals surface area contributed by atoms with Crippen molar-refractivity contribution in [3.8, 4) is 23.0 Å². The third kappa shape index (κ3) is 7.97. The second-order valence-corrected chi connectivity index (χ2v) is 10.4. The summed E-state index contributed by atoms with van der Waals surface area (Å²) in [5, 5.41) is 5.17. The van der Waals surface area contributed by atoms with Crippen LogP contribution in [0.3, 0.4) is 0 Å². The number of hydrogen-bond donors (Lipinski definition) is 2. The van der Waals surface area contributed by atoms with Crippen LogP contribution in [-0.4, -0.2) is 80.2 Å². The van der Waals surface area contributed by atoms with Crippen LogP contribution in [0.4, 0.5) is 19.3 Å². The molecule has 1 aromatic heterocycles. The molecule has 3 amide bonds. The van der Waals surface area contributed by atoms with E-state index in [2.05, 4.69) is 32.5 Å². The van der Waals surface area contributed by atoms with E-state index < -0.39 is 23.6 Å². The molecule has 10 nitrogen and oxygen atoms in total. The number of aromatic nitrogens is 1. The van der Waals surface area contributed by atoms with E-state index in [4.69, 9.17) is 14.2 Å². The van der Waals surface area contributed by atoms with Gasteiger partial charge in [0.05, 0.1) is 19.0 Å². The number of carbonyl (C=O) groups excluding carboxylic acids is 2. The monoisotopic (exact) mass is 605 g/mol. The van der Waals surface area contributed by atoms with E-state index in [1.165, 1.54) is 36.4 Å². The molecule has 0 aliphatic carbocycles. The van der Waals surface area contributed by atoms with Gasteiger partial charge in [-0.25, -0.2) is 13.6 Å². The summed E-state index contributed by atoms with van der Waals surface area (Å²) in [4.78, 5) is 33.5. The lowest BCUT2D eigenvalue weighted by Gasteiger charge is -2.32. The van der Waals surface area contributed by atoms with Gasteiger partial charge in [-0.15, -0.1) is 0 Å². The molecule has 3 aromatic carbocycles. The fourth-order valence-corrected chi connectivity index (χ4v) is 4.75. The average Bonchev–Trinajstić information content (AvgIpc) is 3.00. The van der Waals surface area contributed by atoms with Crippen molar-refractivity contribution in [3.63, 3.8) is 0 Å². The van der Waals surface area contributed by atoms with Gasteiger partial charge < -0.3 is 24.4 Å². The van der Waals surface area contributed by atoms with Crippen molar-refractivity contribution in [3.05, 3.63) is 84.1 Å². The Bertz CT molecular complexity index is 1630. The normalized spacial score (nSPS) is 13.8. The highest BCUT2D eigenvalue weighted by atomic mass is 19.1. The molecule has 5 rings (SSSR count). The molecule has 0 atom stereocenters. The lowest BCUT2D eigenvalue weighted by atomic mass is 10.1. The Morgan fingerprint density at radius 3 is 2.41 bits per heavy atom. The number of hydrogen-bond acceptors (Lipinski definition) is 8. The van der Waals surface area contributed by atoms with Crippen LogP contribution in [0.1, 0.15) is 5.56 Å². The summed E-state index contributed by atoms with van der Waals surface area (Å²) in [6.07, 6.45) is 1.43. The third-order valence-electron chi connectivity index (χ3n) is 7.19. The molecule has 230 valence electrons. The molecule has 0 radical (unpaired) electrons. The zero-order chi connectivity index (χ0) is 31.1. The van der Waals surface area contributed by atoms with Crippen molar-refractivity contribution in [2.75, 3.05) is 58.8 Å².